The van der Waals surface area contributed by atoms with Crippen LogP contribution in [0.5, 0.6) is 0 Å². The van der Waals surface area contributed by atoms with Crippen LogP contribution in [0.25, 0.3) is 0 Å². The van der Waals surface area contributed by atoms with Gasteiger partial charge in [0.05, 0.1) is 5.69 Å². The highest BCUT2D eigenvalue weighted by molar-refractivity contribution is 6.00. The molecule has 8 nitrogen and oxygen atoms in total. The van der Waals surface area contributed by atoms with Gasteiger partial charge in [0.1, 0.15) is 5.69 Å². The Labute approximate surface area is 133 Å². The Kier molecular flexibility index (Phi) is 3.46. The zero-order chi connectivity index (χ0) is 16.8. The number of carbonyl (C=O) groups is 2. The summed E-state index contributed by atoms with van der Waals surface area (Å²) in [7, 11) is 1.56. The van der Waals surface area contributed by atoms with Crippen LogP contribution in [0.3, 0.4) is 0 Å². The van der Waals surface area contributed by atoms with Crippen molar-refractivity contribution in [3.05, 3.63) is 28.7 Å². The highest BCUT2D eigenvalue weighted by Crippen LogP contribution is 2.38. The molecule has 0 aromatic carbocycles. The highest BCUT2D eigenvalue weighted by atomic mass is 16.2. The molecule has 0 saturated heterocycles. The predicted octanol–water partition coefficient (Wildman–Crippen LogP) is 1.26. The molecule has 2 amide bonds. The standard InChI is InChI=1S/C15H20N6O2/c1-15(2,3)9-6-8(18-19-9)7-5-10(22)17-13-11(7)12(20-21-13)14(23)16-4/h6-7H,5H2,1-4H3,(H,16,23)(H,18,19)(H2,17,20,21,22). The summed E-state index contributed by atoms with van der Waals surface area (Å²) in [5, 5.41) is 19.4. The number of hydrogen-bond donors (Lipinski definition) is 4. The Hall–Kier alpha value is -2.64. The Balaban J connectivity index is 2.08. The summed E-state index contributed by atoms with van der Waals surface area (Å²) in [6.07, 6.45) is 0.238. The number of aromatic amines is 2. The third kappa shape index (κ3) is 2.60. The van der Waals surface area contributed by atoms with E-state index in [2.05, 4.69) is 51.8 Å². The van der Waals surface area contributed by atoms with E-state index < -0.39 is 0 Å². The Bertz CT molecular complexity index is 767. The first kappa shape index (κ1) is 15.3. The first-order valence-electron chi connectivity index (χ1n) is 7.47. The van der Waals surface area contributed by atoms with Gasteiger partial charge in [0, 0.05) is 36.1 Å². The fourth-order valence-corrected chi connectivity index (χ4v) is 2.72. The second kappa shape index (κ2) is 5.22. The Morgan fingerprint density at radius 1 is 1.30 bits per heavy atom. The van der Waals surface area contributed by atoms with Gasteiger partial charge in [-0.05, 0) is 6.07 Å². The van der Waals surface area contributed by atoms with Gasteiger partial charge in [-0.15, -0.1) is 0 Å². The van der Waals surface area contributed by atoms with Crippen molar-refractivity contribution in [1.29, 1.82) is 0 Å². The quantitative estimate of drug-likeness (QED) is 0.667. The lowest BCUT2D eigenvalue weighted by Gasteiger charge is -2.21. The number of fused-ring (bicyclic) bond motifs is 1. The van der Waals surface area contributed by atoms with Gasteiger partial charge < -0.3 is 10.6 Å². The van der Waals surface area contributed by atoms with E-state index in [1.54, 1.807) is 7.05 Å². The molecule has 122 valence electrons. The number of anilines is 1. The van der Waals surface area contributed by atoms with Crippen molar-refractivity contribution in [2.45, 2.75) is 38.5 Å². The normalized spacial score (nSPS) is 17.6. The molecule has 4 N–H and O–H groups in total. The smallest absolute Gasteiger partial charge is 0.269 e. The maximum Gasteiger partial charge on any atom is 0.269 e. The number of aromatic nitrogens is 4. The van der Waals surface area contributed by atoms with Gasteiger partial charge in [0.25, 0.3) is 5.91 Å². The van der Waals surface area contributed by atoms with Crippen molar-refractivity contribution in [2.75, 3.05) is 12.4 Å². The first-order valence-corrected chi connectivity index (χ1v) is 7.47. The summed E-state index contributed by atoms with van der Waals surface area (Å²) in [4.78, 5) is 24.0. The van der Waals surface area contributed by atoms with E-state index in [1.165, 1.54) is 0 Å². The van der Waals surface area contributed by atoms with Crippen molar-refractivity contribution in [2.24, 2.45) is 0 Å². The zero-order valence-corrected chi connectivity index (χ0v) is 13.6. The molecule has 2 aromatic rings. The minimum Gasteiger partial charge on any atom is -0.354 e. The van der Waals surface area contributed by atoms with E-state index >= 15 is 0 Å². The van der Waals surface area contributed by atoms with Crippen LogP contribution in [-0.2, 0) is 10.2 Å². The Morgan fingerprint density at radius 3 is 2.65 bits per heavy atom. The summed E-state index contributed by atoms with van der Waals surface area (Å²) >= 11 is 0. The molecule has 1 aliphatic heterocycles. The van der Waals surface area contributed by atoms with Gasteiger partial charge in [-0.25, -0.2) is 0 Å². The second-order valence-electron chi connectivity index (χ2n) is 6.70. The summed E-state index contributed by atoms with van der Waals surface area (Å²) < 4.78 is 0. The van der Waals surface area contributed by atoms with E-state index in [0.717, 1.165) is 11.4 Å². The highest BCUT2D eigenvalue weighted by Gasteiger charge is 2.35. The molecule has 0 radical (unpaired) electrons. The fraction of sp³-hybridized carbons (Fsp3) is 0.467. The lowest BCUT2D eigenvalue weighted by Crippen LogP contribution is -2.26. The lowest BCUT2D eigenvalue weighted by molar-refractivity contribution is -0.116. The third-order valence-corrected chi connectivity index (χ3v) is 4.00. The van der Waals surface area contributed by atoms with Gasteiger partial charge in [0.2, 0.25) is 5.91 Å². The molecule has 0 spiro atoms. The summed E-state index contributed by atoms with van der Waals surface area (Å²) in [5.41, 5.74) is 2.66. The van der Waals surface area contributed by atoms with Crippen molar-refractivity contribution in [3.8, 4) is 0 Å². The summed E-state index contributed by atoms with van der Waals surface area (Å²) in [5.74, 6) is -0.287. The number of H-pyrrole nitrogens is 2. The molecule has 0 aliphatic carbocycles. The summed E-state index contributed by atoms with van der Waals surface area (Å²) in [6.45, 7) is 6.21. The molecule has 0 bridgehead atoms. The molecule has 2 aromatic heterocycles. The monoisotopic (exact) mass is 316 g/mol. The Morgan fingerprint density at radius 2 is 2.04 bits per heavy atom. The van der Waals surface area contributed by atoms with Gasteiger partial charge >= 0.3 is 0 Å². The molecule has 0 saturated carbocycles. The van der Waals surface area contributed by atoms with Crippen LogP contribution in [0.2, 0.25) is 0 Å². The van der Waals surface area contributed by atoms with Crippen LogP contribution in [0.4, 0.5) is 5.82 Å². The number of amides is 2. The topological polar surface area (TPSA) is 116 Å². The molecule has 8 heteroatoms. The van der Waals surface area contributed by atoms with Gasteiger partial charge in [-0.1, -0.05) is 20.8 Å². The molecule has 0 fully saturated rings. The van der Waals surface area contributed by atoms with Crippen LogP contribution < -0.4 is 10.6 Å². The van der Waals surface area contributed by atoms with E-state index in [9.17, 15) is 9.59 Å². The number of nitrogens with zero attached hydrogens (tertiary/aromatic N) is 2. The molecule has 1 atom stereocenters. The minimum absolute atomic E-state index is 0.103. The first-order chi connectivity index (χ1) is 10.8. The number of hydrogen-bond acceptors (Lipinski definition) is 4. The number of rotatable bonds is 2. The van der Waals surface area contributed by atoms with E-state index in [-0.39, 0.29) is 29.6 Å². The van der Waals surface area contributed by atoms with Crippen molar-refractivity contribution >= 4 is 17.6 Å². The van der Waals surface area contributed by atoms with E-state index in [0.29, 0.717) is 17.1 Å². The van der Waals surface area contributed by atoms with Crippen molar-refractivity contribution in [3.63, 3.8) is 0 Å². The van der Waals surface area contributed by atoms with E-state index in [4.69, 9.17) is 0 Å². The zero-order valence-electron chi connectivity index (χ0n) is 13.6. The molecule has 1 unspecified atom stereocenters. The third-order valence-electron chi connectivity index (χ3n) is 4.00. The maximum absolute atomic E-state index is 12.0. The van der Waals surface area contributed by atoms with Gasteiger partial charge in [-0.2, -0.15) is 10.2 Å². The van der Waals surface area contributed by atoms with Crippen LogP contribution in [0.15, 0.2) is 6.07 Å². The van der Waals surface area contributed by atoms with Crippen molar-refractivity contribution < 1.29 is 9.59 Å². The molecule has 23 heavy (non-hydrogen) atoms. The SMILES string of the molecule is CNC(=O)c1[nH]nc2c1C(c1cc(C(C)(C)C)n[nH]1)CC(=O)N2. The summed E-state index contributed by atoms with van der Waals surface area (Å²) in [6, 6.07) is 1.95. The van der Waals surface area contributed by atoms with Crippen LogP contribution in [-0.4, -0.2) is 39.3 Å². The van der Waals surface area contributed by atoms with Gasteiger partial charge in [0.15, 0.2) is 5.82 Å². The molecular formula is C15H20N6O2. The fourth-order valence-electron chi connectivity index (χ4n) is 2.72. The average molecular weight is 316 g/mol. The largest absolute Gasteiger partial charge is 0.354 e. The number of carbonyl (C=O) groups excluding carboxylic acids is 2. The molecule has 3 heterocycles. The van der Waals surface area contributed by atoms with Crippen LogP contribution in [0.1, 0.15) is 60.5 Å². The number of nitrogens with one attached hydrogen (secondary N) is 4. The van der Waals surface area contributed by atoms with Crippen LogP contribution in [0, 0.1) is 0 Å². The lowest BCUT2D eigenvalue weighted by atomic mass is 9.86. The van der Waals surface area contributed by atoms with Crippen LogP contribution >= 0.6 is 0 Å². The predicted molar refractivity (Wildman–Crippen MR) is 84.4 cm³/mol. The van der Waals surface area contributed by atoms with Gasteiger partial charge in [-0.3, -0.25) is 19.8 Å². The average Bonchev–Trinajstić information content (AvgIpc) is 3.11. The van der Waals surface area contributed by atoms with Crippen molar-refractivity contribution in [1.82, 2.24) is 25.7 Å². The molecule has 1 aliphatic rings. The maximum atomic E-state index is 12.0. The second-order valence-corrected chi connectivity index (χ2v) is 6.70. The molecule has 3 rings (SSSR count). The van der Waals surface area contributed by atoms with E-state index in [1.807, 2.05) is 6.07 Å². The molecular weight excluding hydrogens is 296 g/mol. The minimum atomic E-state index is -0.284.